The topological polar surface area (TPSA) is 58.4 Å². The maximum Gasteiger partial charge on any atom is 0.251 e. The van der Waals surface area contributed by atoms with Crippen LogP contribution in [0.5, 0.6) is 0 Å². The molecular formula is C15H23N3O. The van der Waals surface area contributed by atoms with Gasteiger partial charge in [-0.2, -0.15) is 0 Å². The summed E-state index contributed by atoms with van der Waals surface area (Å²) in [6, 6.07) is 8.27. The van der Waals surface area contributed by atoms with Crippen LogP contribution < -0.4 is 16.0 Å². The van der Waals surface area contributed by atoms with E-state index in [2.05, 4.69) is 5.32 Å². The molecule has 1 aromatic rings. The molecule has 104 valence electrons. The van der Waals surface area contributed by atoms with Crippen LogP contribution in [-0.2, 0) is 0 Å². The fourth-order valence-electron chi connectivity index (χ4n) is 2.44. The highest BCUT2D eigenvalue weighted by molar-refractivity contribution is 5.94. The molecule has 3 N–H and O–H groups in total. The van der Waals surface area contributed by atoms with Crippen LogP contribution in [0.4, 0.5) is 5.69 Å². The van der Waals surface area contributed by atoms with E-state index in [1.807, 2.05) is 43.3 Å². The number of benzene rings is 1. The first kappa shape index (κ1) is 13.9. The summed E-state index contributed by atoms with van der Waals surface area (Å²) in [6.45, 7) is 0. The third kappa shape index (κ3) is 3.70. The van der Waals surface area contributed by atoms with Gasteiger partial charge in [0.1, 0.15) is 0 Å². The molecule has 1 aromatic carbocycles. The molecule has 2 rings (SSSR count). The lowest BCUT2D eigenvalue weighted by atomic mass is 9.91. The van der Waals surface area contributed by atoms with Crippen molar-refractivity contribution in [3.8, 4) is 0 Å². The maximum absolute atomic E-state index is 12.1. The van der Waals surface area contributed by atoms with Gasteiger partial charge in [-0.15, -0.1) is 0 Å². The first-order chi connectivity index (χ1) is 9.06. The summed E-state index contributed by atoms with van der Waals surface area (Å²) in [6.07, 6.45) is 3.99. The van der Waals surface area contributed by atoms with E-state index in [1.54, 1.807) is 0 Å². The van der Waals surface area contributed by atoms with E-state index in [0.29, 0.717) is 6.04 Å². The largest absolute Gasteiger partial charge is 0.378 e. The Morgan fingerprint density at radius 2 is 1.74 bits per heavy atom. The van der Waals surface area contributed by atoms with Crippen molar-refractivity contribution in [1.29, 1.82) is 0 Å². The van der Waals surface area contributed by atoms with Crippen LogP contribution in [0.15, 0.2) is 24.3 Å². The molecule has 0 heterocycles. The molecular weight excluding hydrogens is 238 g/mol. The molecule has 0 atom stereocenters. The molecule has 0 bridgehead atoms. The maximum atomic E-state index is 12.1. The molecule has 1 aliphatic carbocycles. The first-order valence-electron chi connectivity index (χ1n) is 6.90. The van der Waals surface area contributed by atoms with Crippen LogP contribution in [0.3, 0.4) is 0 Å². The standard InChI is InChI=1S/C15H23N3O/c1-18(2)14-9-3-11(4-10-14)15(19)17-13-7-5-12(16)6-8-13/h3-4,9-10,12-13H,5-8,16H2,1-2H3,(H,17,19). The van der Waals surface area contributed by atoms with E-state index in [-0.39, 0.29) is 11.9 Å². The van der Waals surface area contributed by atoms with Gasteiger partial charge in [0, 0.05) is 37.4 Å². The van der Waals surface area contributed by atoms with Crippen LogP contribution in [0, 0.1) is 0 Å². The zero-order valence-electron chi connectivity index (χ0n) is 11.7. The van der Waals surface area contributed by atoms with Gasteiger partial charge < -0.3 is 16.0 Å². The van der Waals surface area contributed by atoms with Crippen molar-refractivity contribution in [3.05, 3.63) is 29.8 Å². The van der Waals surface area contributed by atoms with Gasteiger partial charge in [-0.3, -0.25) is 4.79 Å². The average molecular weight is 261 g/mol. The molecule has 4 heteroatoms. The lowest BCUT2D eigenvalue weighted by Crippen LogP contribution is -2.40. The Balaban J connectivity index is 1.92. The van der Waals surface area contributed by atoms with Gasteiger partial charge in [0.2, 0.25) is 0 Å². The summed E-state index contributed by atoms with van der Waals surface area (Å²) in [4.78, 5) is 14.1. The monoisotopic (exact) mass is 261 g/mol. The SMILES string of the molecule is CN(C)c1ccc(C(=O)NC2CCC(N)CC2)cc1. The lowest BCUT2D eigenvalue weighted by Gasteiger charge is -2.26. The van der Waals surface area contributed by atoms with E-state index in [4.69, 9.17) is 5.73 Å². The average Bonchev–Trinajstić information content (AvgIpc) is 2.41. The second-order valence-corrected chi connectivity index (χ2v) is 5.53. The van der Waals surface area contributed by atoms with Crippen molar-refractivity contribution in [2.45, 2.75) is 37.8 Å². The summed E-state index contributed by atoms with van der Waals surface area (Å²) in [5.41, 5.74) is 7.69. The summed E-state index contributed by atoms with van der Waals surface area (Å²) in [5, 5.41) is 3.10. The van der Waals surface area contributed by atoms with Crippen LogP contribution in [0.1, 0.15) is 36.0 Å². The number of hydrogen-bond acceptors (Lipinski definition) is 3. The number of nitrogens with one attached hydrogen (secondary N) is 1. The molecule has 0 aliphatic heterocycles. The van der Waals surface area contributed by atoms with E-state index < -0.39 is 0 Å². The molecule has 1 aliphatic rings. The number of hydrogen-bond donors (Lipinski definition) is 2. The molecule has 1 fully saturated rings. The fourth-order valence-corrected chi connectivity index (χ4v) is 2.44. The molecule has 0 aromatic heterocycles. The van der Waals surface area contributed by atoms with Crippen molar-refractivity contribution in [1.82, 2.24) is 5.32 Å². The molecule has 19 heavy (non-hydrogen) atoms. The predicted molar refractivity (Wildman–Crippen MR) is 78.5 cm³/mol. The minimum atomic E-state index is 0.0192. The number of rotatable bonds is 3. The summed E-state index contributed by atoms with van der Waals surface area (Å²) in [5.74, 6) is 0.0192. The first-order valence-corrected chi connectivity index (χ1v) is 6.90. The smallest absolute Gasteiger partial charge is 0.251 e. The van der Waals surface area contributed by atoms with Gasteiger partial charge >= 0.3 is 0 Å². The summed E-state index contributed by atoms with van der Waals surface area (Å²) >= 11 is 0. The molecule has 0 saturated heterocycles. The zero-order chi connectivity index (χ0) is 13.8. The highest BCUT2D eigenvalue weighted by Crippen LogP contribution is 2.18. The highest BCUT2D eigenvalue weighted by Gasteiger charge is 2.20. The second-order valence-electron chi connectivity index (χ2n) is 5.53. The number of amides is 1. The molecule has 0 spiro atoms. The van der Waals surface area contributed by atoms with E-state index in [1.165, 1.54) is 0 Å². The van der Waals surface area contributed by atoms with Crippen LogP contribution in [0.25, 0.3) is 0 Å². The van der Waals surface area contributed by atoms with Crippen molar-refractivity contribution < 1.29 is 4.79 Å². The number of carbonyl (C=O) groups excluding carboxylic acids is 1. The molecule has 0 radical (unpaired) electrons. The van der Waals surface area contributed by atoms with E-state index in [0.717, 1.165) is 36.9 Å². The Bertz CT molecular complexity index is 420. The van der Waals surface area contributed by atoms with Crippen molar-refractivity contribution in [2.75, 3.05) is 19.0 Å². The molecule has 0 unspecified atom stereocenters. The number of nitrogens with zero attached hydrogens (tertiary/aromatic N) is 1. The van der Waals surface area contributed by atoms with Gasteiger partial charge in [-0.25, -0.2) is 0 Å². The van der Waals surface area contributed by atoms with Gasteiger partial charge in [0.15, 0.2) is 0 Å². The Kier molecular flexibility index (Phi) is 4.43. The normalized spacial score (nSPS) is 22.9. The van der Waals surface area contributed by atoms with Gasteiger partial charge in [0.25, 0.3) is 5.91 Å². The van der Waals surface area contributed by atoms with Crippen molar-refractivity contribution >= 4 is 11.6 Å². The third-order valence-electron chi connectivity index (χ3n) is 3.75. The van der Waals surface area contributed by atoms with Gasteiger partial charge in [-0.1, -0.05) is 0 Å². The van der Waals surface area contributed by atoms with Crippen LogP contribution >= 0.6 is 0 Å². The molecule has 4 nitrogen and oxygen atoms in total. The molecule has 1 saturated carbocycles. The van der Waals surface area contributed by atoms with Gasteiger partial charge in [-0.05, 0) is 49.9 Å². The number of carbonyl (C=O) groups is 1. The number of anilines is 1. The highest BCUT2D eigenvalue weighted by atomic mass is 16.1. The van der Waals surface area contributed by atoms with Crippen molar-refractivity contribution in [2.24, 2.45) is 5.73 Å². The minimum absolute atomic E-state index is 0.0192. The fraction of sp³-hybridized carbons (Fsp3) is 0.533. The summed E-state index contributed by atoms with van der Waals surface area (Å²) in [7, 11) is 3.97. The van der Waals surface area contributed by atoms with Crippen molar-refractivity contribution in [3.63, 3.8) is 0 Å². The van der Waals surface area contributed by atoms with E-state index in [9.17, 15) is 4.79 Å². The van der Waals surface area contributed by atoms with E-state index >= 15 is 0 Å². The zero-order valence-corrected chi connectivity index (χ0v) is 11.7. The second kappa shape index (κ2) is 6.06. The number of nitrogens with two attached hydrogens (primary N) is 1. The Morgan fingerprint density at radius 1 is 1.16 bits per heavy atom. The third-order valence-corrected chi connectivity index (χ3v) is 3.75. The Labute approximate surface area is 115 Å². The lowest BCUT2D eigenvalue weighted by molar-refractivity contribution is 0.0926. The summed E-state index contributed by atoms with van der Waals surface area (Å²) < 4.78 is 0. The predicted octanol–water partition coefficient (Wildman–Crippen LogP) is 1.75. The van der Waals surface area contributed by atoms with Crippen LogP contribution in [-0.4, -0.2) is 32.1 Å². The molecule has 1 amide bonds. The van der Waals surface area contributed by atoms with Gasteiger partial charge in [0.05, 0.1) is 0 Å². The Hall–Kier alpha value is -1.55. The Morgan fingerprint density at radius 3 is 2.26 bits per heavy atom. The van der Waals surface area contributed by atoms with Crippen LogP contribution in [0.2, 0.25) is 0 Å². The minimum Gasteiger partial charge on any atom is -0.378 e. The quantitative estimate of drug-likeness (QED) is 0.871.